The van der Waals surface area contributed by atoms with Gasteiger partial charge in [-0.05, 0) is 23.6 Å². The molecule has 4 aromatic rings. The van der Waals surface area contributed by atoms with Gasteiger partial charge in [0.25, 0.3) is 0 Å². The highest BCUT2D eigenvalue weighted by atomic mass is 32.1. The molecular formula is C14H9N5S3. The van der Waals surface area contributed by atoms with E-state index >= 15 is 0 Å². The fourth-order valence-corrected chi connectivity index (χ4v) is 4.13. The first-order valence-corrected chi connectivity index (χ1v) is 8.97. The van der Waals surface area contributed by atoms with Crippen LogP contribution in [0.2, 0.25) is 0 Å². The average molecular weight is 343 g/mol. The molecule has 4 aromatic heterocycles. The molecule has 0 fully saturated rings. The Labute approximate surface area is 138 Å². The predicted molar refractivity (Wildman–Crippen MR) is 91.8 cm³/mol. The Morgan fingerprint density at radius 3 is 2.73 bits per heavy atom. The van der Waals surface area contributed by atoms with Crippen molar-refractivity contribution in [3.05, 3.63) is 47.3 Å². The van der Waals surface area contributed by atoms with Crippen LogP contribution in [0.3, 0.4) is 0 Å². The number of pyridine rings is 1. The first-order valence-electron chi connectivity index (χ1n) is 6.40. The number of thiophene rings is 1. The summed E-state index contributed by atoms with van der Waals surface area (Å²) in [5.74, 6) is 0. The lowest BCUT2D eigenvalue weighted by Gasteiger charge is -1.95. The van der Waals surface area contributed by atoms with Gasteiger partial charge in [0.1, 0.15) is 5.69 Å². The fraction of sp³-hybridized carbons (Fsp3) is 0. The second-order valence-electron chi connectivity index (χ2n) is 4.27. The summed E-state index contributed by atoms with van der Waals surface area (Å²) < 4.78 is 0. The summed E-state index contributed by atoms with van der Waals surface area (Å²) in [5, 5.41) is 18.0. The van der Waals surface area contributed by atoms with E-state index in [4.69, 9.17) is 0 Å². The van der Waals surface area contributed by atoms with Crippen LogP contribution in [0, 0.1) is 0 Å². The van der Waals surface area contributed by atoms with Gasteiger partial charge < -0.3 is 5.32 Å². The van der Waals surface area contributed by atoms with Gasteiger partial charge in [-0.3, -0.25) is 4.98 Å². The van der Waals surface area contributed by atoms with Crippen molar-refractivity contribution < 1.29 is 0 Å². The van der Waals surface area contributed by atoms with Crippen LogP contribution in [-0.4, -0.2) is 20.2 Å². The Morgan fingerprint density at radius 2 is 1.91 bits per heavy atom. The molecule has 0 unspecified atom stereocenters. The van der Waals surface area contributed by atoms with Crippen molar-refractivity contribution in [3.63, 3.8) is 0 Å². The maximum Gasteiger partial charge on any atom is 0.212 e. The molecule has 5 nitrogen and oxygen atoms in total. The van der Waals surface area contributed by atoms with Crippen molar-refractivity contribution in [2.24, 2.45) is 0 Å². The smallest absolute Gasteiger partial charge is 0.212 e. The molecule has 0 aromatic carbocycles. The Balaban J connectivity index is 1.54. The molecule has 108 valence electrons. The zero-order chi connectivity index (χ0) is 14.8. The van der Waals surface area contributed by atoms with Crippen LogP contribution in [-0.2, 0) is 0 Å². The highest BCUT2D eigenvalue weighted by Gasteiger charge is 2.10. The minimum atomic E-state index is 0.741. The van der Waals surface area contributed by atoms with E-state index in [-0.39, 0.29) is 0 Å². The first kappa shape index (κ1) is 13.5. The zero-order valence-electron chi connectivity index (χ0n) is 11.1. The molecule has 8 heteroatoms. The number of aromatic nitrogens is 4. The van der Waals surface area contributed by atoms with Gasteiger partial charge in [0.05, 0.1) is 10.6 Å². The van der Waals surface area contributed by atoms with Gasteiger partial charge in [-0.15, -0.1) is 32.9 Å². The Hall–Kier alpha value is -2.16. The molecule has 4 heterocycles. The lowest BCUT2D eigenvalue weighted by Crippen LogP contribution is -1.89. The van der Waals surface area contributed by atoms with E-state index in [1.54, 1.807) is 17.5 Å². The first-order chi connectivity index (χ1) is 10.9. The van der Waals surface area contributed by atoms with Crippen molar-refractivity contribution >= 4 is 44.3 Å². The van der Waals surface area contributed by atoms with Crippen molar-refractivity contribution in [1.82, 2.24) is 20.2 Å². The summed E-state index contributed by atoms with van der Waals surface area (Å²) in [7, 11) is 0. The maximum atomic E-state index is 4.53. The molecule has 0 saturated heterocycles. The van der Waals surface area contributed by atoms with Crippen molar-refractivity contribution in [3.8, 4) is 21.3 Å². The number of rotatable bonds is 4. The van der Waals surface area contributed by atoms with Gasteiger partial charge in [-0.1, -0.05) is 23.5 Å². The topological polar surface area (TPSA) is 63.6 Å². The molecule has 0 radical (unpaired) electrons. The number of hydrogen-bond donors (Lipinski definition) is 1. The number of hydrogen-bond acceptors (Lipinski definition) is 8. The molecule has 0 spiro atoms. The summed E-state index contributed by atoms with van der Waals surface area (Å²) in [6, 6.07) is 9.83. The van der Waals surface area contributed by atoms with E-state index < -0.39 is 0 Å². The summed E-state index contributed by atoms with van der Waals surface area (Å²) in [6.07, 6.45) is 1.76. The van der Waals surface area contributed by atoms with Gasteiger partial charge in [0, 0.05) is 11.6 Å². The van der Waals surface area contributed by atoms with Gasteiger partial charge in [-0.25, -0.2) is 4.98 Å². The van der Waals surface area contributed by atoms with E-state index in [1.807, 2.05) is 41.1 Å². The van der Waals surface area contributed by atoms with Crippen molar-refractivity contribution in [2.75, 3.05) is 5.32 Å². The summed E-state index contributed by atoms with van der Waals surface area (Å²) in [4.78, 5) is 9.96. The van der Waals surface area contributed by atoms with Crippen molar-refractivity contribution in [2.45, 2.75) is 0 Å². The molecule has 0 aliphatic rings. The van der Waals surface area contributed by atoms with E-state index in [1.165, 1.54) is 22.7 Å². The van der Waals surface area contributed by atoms with Gasteiger partial charge in [-0.2, -0.15) is 0 Å². The monoisotopic (exact) mass is 343 g/mol. The van der Waals surface area contributed by atoms with Crippen molar-refractivity contribution in [1.29, 1.82) is 0 Å². The van der Waals surface area contributed by atoms with Crippen LogP contribution >= 0.6 is 34.0 Å². The van der Waals surface area contributed by atoms with E-state index in [0.717, 1.165) is 31.5 Å². The molecule has 0 amide bonds. The normalized spacial score (nSPS) is 10.7. The van der Waals surface area contributed by atoms with Crippen LogP contribution < -0.4 is 5.32 Å². The molecule has 4 rings (SSSR count). The number of thiazole rings is 1. The predicted octanol–water partition coefficient (Wildman–Crippen LogP) is 4.53. The lowest BCUT2D eigenvalue weighted by atomic mass is 10.3. The third-order valence-electron chi connectivity index (χ3n) is 2.80. The molecule has 22 heavy (non-hydrogen) atoms. The molecule has 0 bridgehead atoms. The van der Waals surface area contributed by atoms with Crippen LogP contribution in [0.25, 0.3) is 21.3 Å². The number of nitrogens with zero attached hydrogens (tertiary/aromatic N) is 4. The minimum absolute atomic E-state index is 0.741. The van der Waals surface area contributed by atoms with Crippen LogP contribution in [0.5, 0.6) is 0 Å². The summed E-state index contributed by atoms with van der Waals surface area (Å²) in [5.41, 5.74) is 1.72. The standard InChI is InChI=1S/C14H9N5S3/c1-2-6-15-9(4-1)10-8-21-13(16-10)17-14-19-18-12(22-14)11-5-3-7-20-11/h1-8H,(H,16,17,19). The molecule has 0 atom stereocenters. The second kappa shape index (κ2) is 5.91. The van der Waals surface area contributed by atoms with Gasteiger partial charge in [0.15, 0.2) is 10.1 Å². The zero-order valence-corrected chi connectivity index (χ0v) is 13.6. The van der Waals surface area contributed by atoms with Crippen LogP contribution in [0.15, 0.2) is 47.3 Å². The highest BCUT2D eigenvalue weighted by Crippen LogP contribution is 2.32. The highest BCUT2D eigenvalue weighted by molar-refractivity contribution is 7.23. The van der Waals surface area contributed by atoms with Crippen LogP contribution in [0.4, 0.5) is 10.3 Å². The van der Waals surface area contributed by atoms with Gasteiger partial charge in [0.2, 0.25) is 5.13 Å². The Kier molecular flexibility index (Phi) is 3.63. The lowest BCUT2D eigenvalue weighted by molar-refractivity contribution is 1.10. The fourth-order valence-electron chi connectivity index (χ4n) is 1.83. The molecular weight excluding hydrogens is 334 g/mol. The molecule has 0 aliphatic heterocycles. The SMILES string of the molecule is c1ccc(-c2csc(Nc3nnc(-c4cccs4)s3)n2)nc1. The minimum Gasteiger partial charge on any atom is -0.306 e. The van der Waals surface area contributed by atoms with E-state index in [9.17, 15) is 0 Å². The van der Waals surface area contributed by atoms with E-state index in [2.05, 4.69) is 25.5 Å². The molecule has 0 aliphatic carbocycles. The quantitative estimate of drug-likeness (QED) is 0.590. The van der Waals surface area contributed by atoms with E-state index in [0.29, 0.717) is 0 Å². The molecule has 1 N–H and O–H groups in total. The third kappa shape index (κ3) is 2.76. The second-order valence-corrected chi connectivity index (χ2v) is 7.05. The van der Waals surface area contributed by atoms with Gasteiger partial charge >= 0.3 is 0 Å². The maximum absolute atomic E-state index is 4.53. The Morgan fingerprint density at radius 1 is 0.909 bits per heavy atom. The summed E-state index contributed by atoms with van der Waals surface area (Å²) in [6.45, 7) is 0. The Bertz CT molecular complexity index is 867. The van der Waals surface area contributed by atoms with Crippen LogP contribution in [0.1, 0.15) is 0 Å². The largest absolute Gasteiger partial charge is 0.306 e. The average Bonchev–Trinajstić information content (AvgIpc) is 3.30. The molecule has 0 saturated carbocycles. The third-order valence-corrected chi connectivity index (χ3v) is 5.44. The summed E-state index contributed by atoms with van der Waals surface area (Å²) >= 11 is 4.70. The number of nitrogens with one attached hydrogen (secondary N) is 1. The number of anilines is 2.